The summed E-state index contributed by atoms with van der Waals surface area (Å²) >= 11 is 0. The largest absolute Gasteiger partial charge is 0.466 e. The zero-order chi connectivity index (χ0) is 23.2. The van der Waals surface area contributed by atoms with E-state index < -0.39 is 0 Å². The van der Waals surface area contributed by atoms with Crippen molar-refractivity contribution in [2.24, 2.45) is 28.6 Å². The molecule has 1 heterocycles. The van der Waals surface area contributed by atoms with Crippen molar-refractivity contribution in [2.45, 2.75) is 79.1 Å². The van der Waals surface area contributed by atoms with Gasteiger partial charge in [-0.3, -0.25) is 9.69 Å². The van der Waals surface area contributed by atoms with Crippen LogP contribution in [0.3, 0.4) is 0 Å². The maximum absolute atomic E-state index is 12.3. The van der Waals surface area contributed by atoms with E-state index in [2.05, 4.69) is 38.7 Å². The molecule has 0 aromatic heterocycles. The Kier molecular flexibility index (Phi) is 9.23. The minimum absolute atomic E-state index is 0.0658. The first-order chi connectivity index (χ1) is 15.3. The number of hydrogen-bond donors (Lipinski definition) is 1. The van der Waals surface area contributed by atoms with Crippen LogP contribution in [0, 0.1) is 28.6 Å². The van der Waals surface area contributed by atoms with Gasteiger partial charge in [-0.25, -0.2) is 0 Å². The number of rotatable bonds is 10. The van der Waals surface area contributed by atoms with E-state index >= 15 is 0 Å². The number of hydrogen-bond acceptors (Lipinski definition) is 5. The van der Waals surface area contributed by atoms with Crippen LogP contribution in [0.25, 0.3) is 0 Å². The zero-order valence-corrected chi connectivity index (χ0v) is 21.0. The average Bonchev–Trinajstić information content (AvgIpc) is 2.75. The van der Waals surface area contributed by atoms with E-state index in [4.69, 9.17) is 9.47 Å². The average molecular weight is 450 g/mol. The van der Waals surface area contributed by atoms with E-state index in [0.717, 1.165) is 58.5 Å². The van der Waals surface area contributed by atoms with E-state index in [-0.39, 0.29) is 18.0 Å². The highest BCUT2D eigenvalue weighted by Gasteiger charge is 2.52. The summed E-state index contributed by atoms with van der Waals surface area (Å²) in [5.41, 5.74) is 1.85. The van der Waals surface area contributed by atoms with Crippen molar-refractivity contribution in [3.8, 4) is 0 Å². The summed E-state index contributed by atoms with van der Waals surface area (Å²) in [7, 11) is 0. The number of fused-ring (bicyclic) bond motifs is 1. The van der Waals surface area contributed by atoms with Crippen molar-refractivity contribution in [3.63, 3.8) is 0 Å². The molecule has 0 aromatic rings. The van der Waals surface area contributed by atoms with Gasteiger partial charge in [-0.2, -0.15) is 0 Å². The van der Waals surface area contributed by atoms with Gasteiger partial charge in [0, 0.05) is 26.1 Å². The standard InChI is InChI=1S/C27H47NO4/c1-21(19-25(30)32-16-6-13-28-14-17-31-18-15-28)7-9-23-22(20-29)8-10-24-26(2,3)11-5-12-27(23,24)4/h8,21,23-24,29H,5-7,9-20H2,1-4H3/t21-,23-,24-,27+/m0/s1. The first-order valence-corrected chi connectivity index (χ1v) is 13.0. The van der Waals surface area contributed by atoms with Gasteiger partial charge in [0.1, 0.15) is 0 Å². The Hall–Kier alpha value is -0.910. The van der Waals surface area contributed by atoms with Gasteiger partial charge in [0.05, 0.1) is 26.4 Å². The van der Waals surface area contributed by atoms with Gasteiger partial charge in [0.15, 0.2) is 0 Å². The van der Waals surface area contributed by atoms with Crippen LogP contribution in [0.15, 0.2) is 11.6 Å². The third kappa shape index (κ3) is 6.36. The third-order valence-electron chi connectivity index (χ3n) is 8.77. The second-order valence-electron chi connectivity index (χ2n) is 11.5. The highest BCUT2D eigenvalue weighted by molar-refractivity contribution is 5.69. The van der Waals surface area contributed by atoms with Crippen molar-refractivity contribution in [2.75, 3.05) is 46.1 Å². The summed E-state index contributed by atoms with van der Waals surface area (Å²) in [4.78, 5) is 14.7. The fourth-order valence-corrected chi connectivity index (χ4v) is 6.89. The van der Waals surface area contributed by atoms with Gasteiger partial charge in [0.25, 0.3) is 0 Å². The van der Waals surface area contributed by atoms with Gasteiger partial charge in [0.2, 0.25) is 0 Å². The van der Waals surface area contributed by atoms with Crippen LogP contribution in [0.1, 0.15) is 79.1 Å². The normalized spacial score (nSPS) is 31.5. The third-order valence-corrected chi connectivity index (χ3v) is 8.77. The number of allylic oxidation sites excluding steroid dienone is 1. The molecule has 5 nitrogen and oxygen atoms in total. The fraction of sp³-hybridized carbons (Fsp3) is 0.889. The fourth-order valence-electron chi connectivity index (χ4n) is 6.89. The van der Waals surface area contributed by atoms with Gasteiger partial charge in [-0.05, 0) is 72.7 Å². The lowest BCUT2D eigenvalue weighted by atomic mass is 9.48. The molecular weight excluding hydrogens is 402 g/mol. The maximum atomic E-state index is 12.3. The van der Waals surface area contributed by atoms with Crippen LogP contribution in [-0.2, 0) is 14.3 Å². The Morgan fingerprint density at radius 2 is 2.03 bits per heavy atom. The molecule has 184 valence electrons. The van der Waals surface area contributed by atoms with Gasteiger partial charge in [-0.15, -0.1) is 0 Å². The predicted octanol–water partition coefficient (Wildman–Crippen LogP) is 4.83. The number of morpholine rings is 1. The molecule has 0 spiro atoms. The first-order valence-electron chi connectivity index (χ1n) is 13.0. The molecule has 0 amide bonds. The predicted molar refractivity (Wildman–Crippen MR) is 128 cm³/mol. The molecule has 3 rings (SSSR count). The molecule has 2 aliphatic carbocycles. The highest BCUT2D eigenvalue weighted by Crippen LogP contribution is 2.60. The Labute approximate surface area is 195 Å². The van der Waals surface area contributed by atoms with Crippen molar-refractivity contribution in [3.05, 3.63) is 11.6 Å². The Morgan fingerprint density at radius 3 is 2.75 bits per heavy atom. The molecule has 5 heteroatoms. The molecule has 1 saturated carbocycles. The second-order valence-corrected chi connectivity index (χ2v) is 11.5. The highest BCUT2D eigenvalue weighted by atomic mass is 16.5. The van der Waals surface area contributed by atoms with Crippen LogP contribution in [-0.4, -0.2) is 62.0 Å². The Morgan fingerprint density at radius 1 is 1.28 bits per heavy atom. The number of esters is 1. The lowest BCUT2D eigenvalue weighted by Gasteiger charge is -2.57. The van der Waals surface area contributed by atoms with Crippen molar-refractivity contribution < 1.29 is 19.4 Å². The van der Waals surface area contributed by atoms with E-state index in [1.54, 1.807) is 0 Å². The molecule has 0 radical (unpaired) electrons. The van der Waals surface area contributed by atoms with Crippen molar-refractivity contribution in [1.82, 2.24) is 4.90 Å². The number of ether oxygens (including phenoxy) is 2. The maximum Gasteiger partial charge on any atom is 0.306 e. The Bertz CT molecular complexity index is 640. The van der Waals surface area contributed by atoms with Crippen molar-refractivity contribution in [1.29, 1.82) is 0 Å². The summed E-state index contributed by atoms with van der Waals surface area (Å²) in [6.45, 7) is 14.7. The molecule has 1 saturated heterocycles. The van der Waals surface area contributed by atoms with E-state index in [1.165, 1.54) is 24.8 Å². The van der Waals surface area contributed by atoms with Gasteiger partial charge >= 0.3 is 5.97 Å². The number of aliphatic hydroxyl groups excluding tert-OH is 1. The van der Waals surface area contributed by atoms with Crippen molar-refractivity contribution >= 4 is 5.97 Å². The van der Waals surface area contributed by atoms with Crippen LogP contribution >= 0.6 is 0 Å². The van der Waals surface area contributed by atoms with Gasteiger partial charge < -0.3 is 14.6 Å². The molecule has 0 aromatic carbocycles. The topological polar surface area (TPSA) is 59.0 Å². The van der Waals surface area contributed by atoms with E-state index in [1.807, 2.05) is 0 Å². The second kappa shape index (κ2) is 11.5. The molecule has 0 bridgehead atoms. The molecule has 2 fully saturated rings. The van der Waals surface area contributed by atoms with Gasteiger partial charge in [-0.1, -0.05) is 40.2 Å². The number of carbonyl (C=O) groups is 1. The lowest BCUT2D eigenvalue weighted by Crippen LogP contribution is -2.49. The summed E-state index contributed by atoms with van der Waals surface area (Å²) in [6.07, 6.45) is 10.7. The lowest BCUT2D eigenvalue weighted by molar-refractivity contribution is -0.145. The molecule has 1 aliphatic heterocycles. The summed E-state index contributed by atoms with van der Waals surface area (Å²) in [6, 6.07) is 0. The van der Waals surface area contributed by atoms with Crippen LogP contribution in [0.4, 0.5) is 0 Å². The molecule has 4 atom stereocenters. The number of carbonyl (C=O) groups excluding carboxylic acids is 1. The van der Waals surface area contributed by atoms with Crippen LogP contribution in [0.2, 0.25) is 0 Å². The van der Waals surface area contributed by atoms with Crippen LogP contribution < -0.4 is 0 Å². The monoisotopic (exact) mass is 449 g/mol. The molecule has 1 N–H and O–H groups in total. The number of nitrogens with zero attached hydrogens (tertiary/aromatic N) is 1. The minimum atomic E-state index is -0.0658. The summed E-state index contributed by atoms with van der Waals surface area (Å²) < 4.78 is 10.9. The zero-order valence-electron chi connectivity index (χ0n) is 21.0. The molecular formula is C27H47NO4. The SMILES string of the molecule is C[C@@H](CC[C@H]1C(CO)=CC[C@H]2C(C)(C)CCC[C@]12C)CC(=O)OCCCN1CCOCC1. The number of aliphatic hydroxyl groups is 1. The quantitative estimate of drug-likeness (QED) is 0.294. The molecule has 32 heavy (non-hydrogen) atoms. The first kappa shape index (κ1) is 25.7. The minimum Gasteiger partial charge on any atom is -0.466 e. The van der Waals surface area contributed by atoms with E-state index in [0.29, 0.717) is 36.2 Å². The summed E-state index contributed by atoms with van der Waals surface area (Å²) in [5, 5.41) is 10.1. The van der Waals surface area contributed by atoms with Crippen LogP contribution in [0.5, 0.6) is 0 Å². The smallest absolute Gasteiger partial charge is 0.306 e. The van der Waals surface area contributed by atoms with E-state index in [9.17, 15) is 9.90 Å². The molecule has 0 unspecified atom stereocenters. The Balaban J connectivity index is 1.44. The summed E-state index contributed by atoms with van der Waals surface area (Å²) in [5.74, 6) is 1.35. The molecule has 3 aliphatic rings.